The van der Waals surface area contributed by atoms with Crippen LogP contribution in [0.2, 0.25) is 0 Å². The van der Waals surface area contributed by atoms with E-state index in [1.807, 2.05) is 36.4 Å². The molecule has 0 radical (unpaired) electrons. The molecule has 4 nitrogen and oxygen atoms in total. The highest BCUT2D eigenvalue weighted by Crippen LogP contribution is 2.42. The number of fused-ring (bicyclic) bond motifs is 6. The van der Waals surface area contributed by atoms with Gasteiger partial charge in [-0.3, -0.25) is 0 Å². The molecule has 0 unspecified atom stereocenters. The first-order valence-electron chi connectivity index (χ1n) is 18.0. The lowest BCUT2D eigenvalue weighted by Gasteiger charge is -2.18. The highest BCUT2D eigenvalue weighted by Gasteiger charge is 2.19. The lowest BCUT2D eigenvalue weighted by molar-refractivity contribution is 1.13. The molecule has 10 aromatic rings. The Morgan fingerprint density at radius 2 is 0.722 bits per heavy atom. The van der Waals surface area contributed by atoms with Gasteiger partial charge in [0.15, 0.2) is 0 Å². The summed E-state index contributed by atoms with van der Waals surface area (Å²) in [6.07, 6.45) is 0. The second-order valence-corrected chi connectivity index (χ2v) is 13.6. The number of rotatable bonds is 5. The maximum absolute atomic E-state index is 9.83. The summed E-state index contributed by atoms with van der Waals surface area (Å²) in [5, 5.41) is 23.9. The molecule has 2 heterocycles. The Balaban J connectivity index is 1.29. The molecule has 250 valence electrons. The average molecular weight is 687 g/mol. The summed E-state index contributed by atoms with van der Waals surface area (Å²) < 4.78 is 4.71. The third-order valence-corrected chi connectivity index (χ3v) is 10.6. The monoisotopic (exact) mass is 686 g/mol. The second-order valence-electron chi connectivity index (χ2n) is 13.6. The number of aromatic nitrogens is 2. The fraction of sp³-hybridized carbons (Fsp3) is 0. The zero-order valence-corrected chi connectivity index (χ0v) is 29.1. The van der Waals surface area contributed by atoms with Crippen molar-refractivity contribution in [2.45, 2.75) is 0 Å². The fourth-order valence-electron chi connectivity index (χ4n) is 8.19. The standard InChI is InChI=1S/C50H30N4/c51-31-33-21-24-35(25-22-33)39-11-1-3-13-41(39)42-14-4-2-12-40(42)36-28-37(53-47-18-8-5-15-43(47)44-16-6-9-19-48(44)53)30-38(29-36)54-49-20-10-7-17-45(49)46-27-34(32-52)23-26-50(46)54/h1-30H. The first kappa shape index (κ1) is 31.1. The Kier molecular flexibility index (Phi) is 7.22. The minimum atomic E-state index is 0.639. The molecule has 10 rings (SSSR count). The maximum Gasteiger partial charge on any atom is 0.0991 e. The van der Waals surface area contributed by atoms with Crippen LogP contribution in [0.25, 0.3) is 88.4 Å². The van der Waals surface area contributed by atoms with E-state index in [4.69, 9.17) is 0 Å². The molecule has 0 bridgehead atoms. The van der Waals surface area contributed by atoms with Gasteiger partial charge in [0.2, 0.25) is 0 Å². The number of hydrogen-bond donors (Lipinski definition) is 0. The zero-order valence-electron chi connectivity index (χ0n) is 29.1. The fourth-order valence-corrected chi connectivity index (χ4v) is 8.19. The van der Waals surface area contributed by atoms with E-state index in [1.54, 1.807) is 0 Å². The summed E-state index contributed by atoms with van der Waals surface area (Å²) in [6.45, 7) is 0. The summed E-state index contributed by atoms with van der Waals surface area (Å²) in [7, 11) is 0. The Hall–Kier alpha value is -7.66. The molecule has 0 aliphatic heterocycles. The predicted molar refractivity (Wildman–Crippen MR) is 221 cm³/mol. The van der Waals surface area contributed by atoms with Crippen molar-refractivity contribution in [1.82, 2.24) is 9.13 Å². The summed E-state index contributed by atoms with van der Waals surface area (Å²) >= 11 is 0. The lowest BCUT2D eigenvalue weighted by Crippen LogP contribution is -2.00. The van der Waals surface area contributed by atoms with Gasteiger partial charge < -0.3 is 9.13 Å². The predicted octanol–water partition coefficient (Wildman–Crippen LogP) is 12.6. The van der Waals surface area contributed by atoms with Crippen LogP contribution in [0, 0.1) is 22.7 Å². The molecule has 4 heteroatoms. The molecule has 0 atom stereocenters. The topological polar surface area (TPSA) is 57.4 Å². The molecular formula is C50H30N4. The van der Waals surface area contributed by atoms with Crippen molar-refractivity contribution in [3.05, 3.63) is 193 Å². The van der Waals surface area contributed by atoms with E-state index >= 15 is 0 Å². The van der Waals surface area contributed by atoms with Gasteiger partial charge in [-0.05, 0) is 100 Å². The summed E-state index contributed by atoms with van der Waals surface area (Å²) in [5.74, 6) is 0. The van der Waals surface area contributed by atoms with E-state index in [1.165, 1.54) is 10.8 Å². The number of para-hydroxylation sites is 3. The van der Waals surface area contributed by atoms with E-state index in [0.717, 1.165) is 77.6 Å². The van der Waals surface area contributed by atoms with Crippen LogP contribution in [0.1, 0.15) is 11.1 Å². The van der Waals surface area contributed by atoms with Gasteiger partial charge in [0.25, 0.3) is 0 Å². The van der Waals surface area contributed by atoms with Crippen molar-refractivity contribution in [1.29, 1.82) is 10.5 Å². The summed E-state index contributed by atoms with van der Waals surface area (Å²) in [6, 6.07) is 68.1. The first-order valence-corrected chi connectivity index (χ1v) is 18.0. The molecule has 2 aromatic heterocycles. The second kappa shape index (κ2) is 12.5. The Morgan fingerprint density at radius 1 is 0.315 bits per heavy atom. The van der Waals surface area contributed by atoms with Crippen LogP contribution in [-0.2, 0) is 0 Å². The normalized spacial score (nSPS) is 11.3. The maximum atomic E-state index is 9.83. The number of nitriles is 2. The molecule has 0 saturated carbocycles. The zero-order chi connectivity index (χ0) is 36.2. The first-order chi connectivity index (χ1) is 26.7. The molecule has 0 spiro atoms. The number of nitrogens with zero attached hydrogens (tertiary/aromatic N) is 4. The van der Waals surface area contributed by atoms with Crippen LogP contribution >= 0.6 is 0 Å². The van der Waals surface area contributed by atoms with Gasteiger partial charge in [-0.2, -0.15) is 10.5 Å². The number of hydrogen-bond acceptors (Lipinski definition) is 2. The van der Waals surface area contributed by atoms with Crippen molar-refractivity contribution >= 4 is 43.6 Å². The van der Waals surface area contributed by atoms with E-state index in [-0.39, 0.29) is 0 Å². The molecule has 0 fully saturated rings. The molecule has 0 aliphatic rings. The highest BCUT2D eigenvalue weighted by molar-refractivity contribution is 6.11. The van der Waals surface area contributed by atoms with Crippen LogP contribution in [0.4, 0.5) is 0 Å². The highest BCUT2D eigenvalue weighted by atomic mass is 15.0. The van der Waals surface area contributed by atoms with Crippen molar-refractivity contribution in [2.75, 3.05) is 0 Å². The van der Waals surface area contributed by atoms with Gasteiger partial charge in [0.1, 0.15) is 0 Å². The lowest BCUT2D eigenvalue weighted by atomic mass is 9.89. The number of benzene rings is 8. The van der Waals surface area contributed by atoms with Gasteiger partial charge in [-0.25, -0.2) is 0 Å². The Morgan fingerprint density at radius 3 is 1.24 bits per heavy atom. The molecule has 0 N–H and O–H groups in total. The molecule has 0 saturated heterocycles. The SMILES string of the molecule is N#Cc1ccc(-c2ccccc2-c2ccccc2-c2cc(-n3c4ccccc4c4ccccc43)cc(-n3c4ccccc4c4cc(C#N)ccc43)c2)cc1. The molecule has 0 amide bonds. The Labute approximate surface area is 312 Å². The third kappa shape index (κ3) is 4.90. The molecule has 54 heavy (non-hydrogen) atoms. The largest absolute Gasteiger partial charge is 0.309 e. The van der Waals surface area contributed by atoms with Crippen LogP contribution in [-0.4, -0.2) is 9.13 Å². The van der Waals surface area contributed by atoms with Crippen molar-refractivity contribution < 1.29 is 0 Å². The van der Waals surface area contributed by atoms with Crippen molar-refractivity contribution in [3.8, 4) is 56.9 Å². The Bertz CT molecular complexity index is 3130. The van der Waals surface area contributed by atoms with Crippen LogP contribution < -0.4 is 0 Å². The van der Waals surface area contributed by atoms with Crippen LogP contribution in [0.15, 0.2) is 182 Å². The van der Waals surface area contributed by atoms with Crippen LogP contribution in [0.5, 0.6) is 0 Å². The van der Waals surface area contributed by atoms with Gasteiger partial charge in [0, 0.05) is 32.9 Å². The smallest absolute Gasteiger partial charge is 0.0991 e. The van der Waals surface area contributed by atoms with Crippen molar-refractivity contribution in [3.63, 3.8) is 0 Å². The van der Waals surface area contributed by atoms with E-state index in [0.29, 0.717) is 11.1 Å². The van der Waals surface area contributed by atoms with Gasteiger partial charge in [-0.1, -0.05) is 115 Å². The van der Waals surface area contributed by atoms with E-state index in [9.17, 15) is 10.5 Å². The van der Waals surface area contributed by atoms with Crippen LogP contribution in [0.3, 0.4) is 0 Å². The average Bonchev–Trinajstić information content (AvgIpc) is 3.76. The van der Waals surface area contributed by atoms with Gasteiger partial charge in [0.05, 0.1) is 45.3 Å². The minimum Gasteiger partial charge on any atom is -0.309 e. The summed E-state index contributed by atoms with van der Waals surface area (Å²) in [5.41, 5.74) is 14.3. The quantitative estimate of drug-likeness (QED) is 0.181. The van der Waals surface area contributed by atoms with E-state index < -0.39 is 0 Å². The molecular weight excluding hydrogens is 657 g/mol. The van der Waals surface area contributed by atoms with Gasteiger partial charge >= 0.3 is 0 Å². The van der Waals surface area contributed by atoms with E-state index in [2.05, 4.69) is 167 Å². The minimum absolute atomic E-state index is 0.639. The van der Waals surface area contributed by atoms with Crippen molar-refractivity contribution in [2.24, 2.45) is 0 Å². The van der Waals surface area contributed by atoms with Gasteiger partial charge in [-0.15, -0.1) is 0 Å². The molecule has 8 aromatic carbocycles. The molecule has 0 aliphatic carbocycles. The third-order valence-electron chi connectivity index (χ3n) is 10.6. The summed E-state index contributed by atoms with van der Waals surface area (Å²) in [4.78, 5) is 0.